The molecular weight excluding hydrogens is 170 g/mol. The Bertz CT molecular complexity index is 288. The maximum absolute atomic E-state index is 10.4. The van der Waals surface area contributed by atoms with Crippen molar-refractivity contribution in [1.29, 1.82) is 0 Å². The van der Waals surface area contributed by atoms with Crippen LogP contribution in [0, 0.1) is 0 Å². The van der Waals surface area contributed by atoms with E-state index in [0.29, 0.717) is 18.5 Å². The molecular formula is C9H11NO3. The predicted molar refractivity (Wildman–Crippen MR) is 46.2 cm³/mol. The maximum Gasteiger partial charge on any atom is 0.181 e. The van der Waals surface area contributed by atoms with Crippen molar-refractivity contribution in [2.75, 3.05) is 6.61 Å². The number of carbonyl (C=O) groups excluding carboxylic acids is 1. The molecule has 0 aliphatic rings. The number of aliphatic hydroxyl groups excluding tert-OH is 1. The molecule has 0 aliphatic carbocycles. The standard InChI is InChI=1S/C9H11NO3/c1-2-13-9(12)7-3-4-10-8(5-7)6-11/h3-6,9,12H,2H2,1H3. The van der Waals surface area contributed by atoms with Crippen molar-refractivity contribution in [3.05, 3.63) is 29.6 Å². The van der Waals surface area contributed by atoms with E-state index in [-0.39, 0.29) is 5.69 Å². The molecule has 1 unspecified atom stereocenters. The van der Waals surface area contributed by atoms with Crippen LogP contribution >= 0.6 is 0 Å². The summed E-state index contributed by atoms with van der Waals surface area (Å²) in [6.45, 7) is 2.20. The van der Waals surface area contributed by atoms with E-state index in [4.69, 9.17) is 4.74 Å². The summed E-state index contributed by atoms with van der Waals surface area (Å²) in [4.78, 5) is 14.1. The lowest BCUT2D eigenvalue weighted by atomic mass is 10.2. The zero-order chi connectivity index (χ0) is 9.68. The third kappa shape index (κ3) is 2.61. The molecule has 13 heavy (non-hydrogen) atoms. The summed E-state index contributed by atoms with van der Waals surface area (Å²) in [6, 6.07) is 3.10. The molecule has 0 saturated carbocycles. The number of aliphatic hydroxyl groups is 1. The monoisotopic (exact) mass is 181 g/mol. The van der Waals surface area contributed by atoms with E-state index in [2.05, 4.69) is 4.98 Å². The Labute approximate surface area is 76.2 Å². The Hall–Kier alpha value is -1.26. The molecule has 70 valence electrons. The number of aldehydes is 1. The van der Waals surface area contributed by atoms with Gasteiger partial charge in [-0.15, -0.1) is 0 Å². The highest BCUT2D eigenvalue weighted by Gasteiger charge is 2.06. The van der Waals surface area contributed by atoms with E-state index in [9.17, 15) is 9.90 Å². The molecule has 1 aromatic rings. The quantitative estimate of drug-likeness (QED) is 0.554. The van der Waals surface area contributed by atoms with Crippen LogP contribution in [-0.4, -0.2) is 23.0 Å². The third-order valence-corrected chi connectivity index (χ3v) is 1.54. The zero-order valence-electron chi connectivity index (χ0n) is 7.30. The summed E-state index contributed by atoms with van der Waals surface area (Å²) in [5, 5.41) is 9.37. The van der Waals surface area contributed by atoms with Gasteiger partial charge in [-0.2, -0.15) is 0 Å². The molecule has 0 bridgehead atoms. The van der Waals surface area contributed by atoms with Crippen molar-refractivity contribution < 1.29 is 14.6 Å². The van der Waals surface area contributed by atoms with E-state index in [1.54, 1.807) is 13.0 Å². The first-order valence-electron chi connectivity index (χ1n) is 3.98. The third-order valence-electron chi connectivity index (χ3n) is 1.54. The highest BCUT2D eigenvalue weighted by molar-refractivity contribution is 5.71. The average Bonchev–Trinajstić information content (AvgIpc) is 2.18. The highest BCUT2D eigenvalue weighted by Crippen LogP contribution is 2.13. The van der Waals surface area contributed by atoms with Gasteiger partial charge in [0.05, 0.1) is 0 Å². The van der Waals surface area contributed by atoms with E-state index in [0.717, 1.165) is 0 Å². The van der Waals surface area contributed by atoms with Crippen LogP contribution in [0.2, 0.25) is 0 Å². The second-order valence-corrected chi connectivity index (χ2v) is 2.44. The van der Waals surface area contributed by atoms with Gasteiger partial charge in [0.2, 0.25) is 0 Å². The summed E-state index contributed by atoms with van der Waals surface area (Å²) in [5.41, 5.74) is 0.829. The van der Waals surface area contributed by atoms with Gasteiger partial charge in [-0.3, -0.25) is 9.78 Å². The number of rotatable bonds is 4. The number of carbonyl (C=O) groups is 1. The normalized spacial score (nSPS) is 12.5. The molecule has 0 radical (unpaired) electrons. The van der Waals surface area contributed by atoms with Gasteiger partial charge in [0.25, 0.3) is 0 Å². The first kappa shape index (κ1) is 9.83. The van der Waals surface area contributed by atoms with Gasteiger partial charge in [0, 0.05) is 18.4 Å². The van der Waals surface area contributed by atoms with Crippen LogP contribution < -0.4 is 0 Å². The minimum absolute atomic E-state index is 0.288. The van der Waals surface area contributed by atoms with Crippen LogP contribution in [0.25, 0.3) is 0 Å². The van der Waals surface area contributed by atoms with Crippen LogP contribution in [0.5, 0.6) is 0 Å². The van der Waals surface area contributed by atoms with Gasteiger partial charge in [0.1, 0.15) is 5.69 Å². The molecule has 0 saturated heterocycles. The van der Waals surface area contributed by atoms with Crippen molar-refractivity contribution in [3.8, 4) is 0 Å². The first-order valence-corrected chi connectivity index (χ1v) is 3.98. The largest absolute Gasteiger partial charge is 0.364 e. The summed E-state index contributed by atoms with van der Waals surface area (Å²) in [7, 11) is 0. The van der Waals surface area contributed by atoms with Crippen molar-refractivity contribution in [2.45, 2.75) is 13.2 Å². The lowest BCUT2D eigenvalue weighted by molar-refractivity contribution is -0.0980. The van der Waals surface area contributed by atoms with E-state index >= 15 is 0 Å². The van der Waals surface area contributed by atoms with Crippen molar-refractivity contribution in [1.82, 2.24) is 4.98 Å². The lowest BCUT2D eigenvalue weighted by Crippen LogP contribution is -2.03. The number of nitrogens with zero attached hydrogens (tertiary/aromatic N) is 1. The van der Waals surface area contributed by atoms with E-state index in [1.165, 1.54) is 12.3 Å². The van der Waals surface area contributed by atoms with Crippen LogP contribution in [0.3, 0.4) is 0 Å². The predicted octanol–water partition coefficient (Wildman–Crippen LogP) is 0.921. The van der Waals surface area contributed by atoms with Gasteiger partial charge in [-0.25, -0.2) is 0 Å². The average molecular weight is 181 g/mol. The van der Waals surface area contributed by atoms with E-state index < -0.39 is 6.29 Å². The SMILES string of the molecule is CCOC(O)c1ccnc(C=O)c1. The van der Waals surface area contributed by atoms with Gasteiger partial charge in [-0.1, -0.05) is 0 Å². The van der Waals surface area contributed by atoms with E-state index in [1.807, 2.05) is 0 Å². The smallest absolute Gasteiger partial charge is 0.181 e. The Kier molecular flexibility index (Phi) is 3.54. The minimum Gasteiger partial charge on any atom is -0.364 e. The van der Waals surface area contributed by atoms with Crippen LogP contribution in [-0.2, 0) is 4.74 Å². The lowest BCUT2D eigenvalue weighted by Gasteiger charge is -2.09. The number of hydrogen-bond donors (Lipinski definition) is 1. The fraction of sp³-hybridized carbons (Fsp3) is 0.333. The number of pyridine rings is 1. The second kappa shape index (κ2) is 4.69. The van der Waals surface area contributed by atoms with Gasteiger partial charge < -0.3 is 9.84 Å². The van der Waals surface area contributed by atoms with Gasteiger partial charge >= 0.3 is 0 Å². The molecule has 1 aromatic heterocycles. The molecule has 0 amide bonds. The number of aromatic nitrogens is 1. The van der Waals surface area contributed by atoms with Crippen molar-refractivity contribution in [2.24, 2.45) is 0 Å². The molecule has 1 N–H and O–H groups in total. The molecule has 1 atom stereocenters. The first-order chi connectivity index (χ1) is 6.27. The van der Waals surface area contributed by atoms with Gasteiger partial charge in [-0.05, 0) is 19.1 Å². The Balaban J connectivity index is 2.81. The topological polar surface area (TPSA) is 59.4 Å². The maximum atomic E-state index is 10.4. The summed E-state index contributed by atoms with van der Waals surface area (Å²) < 4.78 is 4.94. The summed E-state index contributed by atoms with van der Waals surface area (Å²) >= 11 is 0. The highest BCUT2D eigenvalue weighted by atomic mass is 16.6. The fourth-order valence-electron chi connectivity index (χ4n) is 0.938. The number of hydrogen-bond acceptors (Lipinski definition) is 4. The molecule has 0 aliphatic heterocycles. The molecule has 4 heteroatoms. The molecule has 1 heterocycles. The Morgan fingerprint density at radius 1 is 1.77 bits per heavy atom. The van der Waals surface area contributed by atoms with Gasteiger partial charge in [0.15, 0.2) is 12.6 Å². The Morgan fingerprint density at radius 2 is 2.54 bits per heavy atom. The zero-order valence-corrected chi connectivity index (χ0v) is 7.30. The van der Waals surface area contributed by atoms with Crippen molar-refractivity contribution in [3.63, 3.8) is 0 Å². The minimum atomic E-state index is -0.980. The fourth-order valence-corrected chi connectivity index (χ4v) is 0.938. The molecule has 1 rings (SSSR count). The molecule has 0 spiro atoms. The summed E-state index contributed by atoms with van der Waals surface area (Å²) in [6.07, 6.45) is 1.11. The molecule has 4 nitrogen and oxygen atoms in total. The summed E-state index contributed by atoms with van der Waals surface area (Å²) in [5.74, 6) is 0. The number of ether oxygens (including phenoxy) is 1. The van der Waals surface area contributed by atoms with Crippen molar-refractivity contribution >= 4 is 6.29 Å². The van der Waals surface area contributed by atoms with Crippen LogP contribution in [0.15, 0.2) is 18.3 Å². The molecule has 0 aromatic carbocycles. The molecule has 0 fully saturated rings. The van der Waals surface area contributed by atoms with Crippen LogP contribution in [0.1, 0.15) is 29.3 Å². The Morgan fingerprint density at radius 3 is 3.15 bits per heavy atom. The van der Waals surface area contributed by atoms with Crippen LogP contribution in [0.4, 0.5) is 0 Å². The second-order valence-electron chi connectivity index (χ2n) is 2.44.